The second-order valence-electron chi connectivity index (χ2n) is 5.18. The van der Waals surface area contributed by atoms with Crippen LogP contribution in [0, 0.1) is 5.92 Å². The van der Waals surface area contributed by atoms with Crippen molar-refractivity contribution in [3.8, 4) is 0 Å². The number of sulfonamides is 1. The molecular formula is C14H20BrNO2S. The molecule has 1 aliphatic carbocycles. The Labute approximate surface area is 124 Å². The molecule has 19 heavy (non-hydrogen) atoms. The average Bonchev–Trinajstić information content (AvgIpc) is 3.21. The van der Waals surface area contributed by atoms with Crippen molar-refractivity contribution in [2.45, 2.75) is 48.9 Å². The van der Waals surface area contributed by atoms with E-state index >= 15 is 0 Å². The Morgan fingerprint density at radius 3 is 2.42 bits per heavy atom. The molecule has 3 nitrogen and oxygen atoms in total. The van der Waals surface area contributed by atoms with Crippen LogP contribution in [0.15, 0.2) is 29.2 Å². The van der Waals surface area contributed by atoms with Crippen LogP contribution in [0.3, 0.4) is 0 Å². The van der Waals surface area contributed by atoms with Gasteiger partial charge in [-0.05, 0) is 36.5 Å². The minimum absolute atomic E-state index is 0.0633. The molecule has 1 atom stereocenters. The van der Waals surface area contributed by atoms with E-state index in [0.717, 1.165) is 29.7 Å². The van der Waals surface area contributed by atoms with E-state index in [9.17, 15) is 8.42 Å². The summed E-state index contributed by atoms with van der Waals surface area (Å²) in [6, 6.07) is 7.08. The average molecular weight is 346 g/mol. The van der Waals surface area contributed by atoms with E-state index in [1.807, 2.05) is 19.1 Å². The second kappa shape index (κ2) is 6.37. The summed E-state index contributed by atoms with van der Waals surface area (Å²) in [7, 11) is -3.38. The largest absolute Gasteiger partial charge is 0.240 e. The van der Waals surface area contributed by atoms with Crippen molar-refractivity contribution in [2.75, 3.05) is 0 Å². The maximum absolute atomic E-state index is 12.3. The highest BCUT2D eigenvalue weighted by Crippen LogP contribution is 2.34. The van der Waals surface area contributed by atoms with Crippen LogP contribution in [-0.4, -0.2) is 14.5 Å². The number of benzene rings is 1. The van der Waals surface area contributed by atoms with E-state index in [-0.39, 0.29) is 6.04 Å². The van der Waals surface area contributed by atoms with Gasteiger partial charge in [0.15, 0.2) is 0 Å². The van der Waals surface area contributed by atoms with Crippen molar-refractivity contribution < 1.29 is 8.42 Å². The zero-order chi connectivity index (χ0) is 13.9. The maximum atomic E-state index is 12.3. The summed E-state index contributed by atoms with van der Waals surface area (Å²) >= 11 is 3.35. The Morgan fingerprint density at radius 1 is 1.32 bits per heavy atom. The molecule has 1 saturated carbocycles. The number of nitrogens with one attached hydrogen (secondary N) is 1. The molecule has 0 bridgehead atoms. The normalized spacial score (nSPS) is 17.4. The fourth-order valence-corrected chi connectivity index (χ4v) is 3.81. The SMILES string of the molecule is CCC(CC1CC1)NS(=O)(=O)c1ccc(CBr)cc1. The molecule has 1 N–H and O–H groups in total. The first-order valence-electron chi connectivity index (χ1n) is 6.72. The minimum Gasteiger partial charge on any atom is -0.208 e. The lowest BCUT2D eigenvalue weighted by atomic mass is 10.1. The van der Waals surface area contributed by atoms with Gasteiger partial charge in [0.1, 0.15) is 0 Å². The first kappa shape index (κ1) is 15.0. The smallest absolute Gasteiger partial charge is 0.208 e. The number of alkyl halides is 1. The van der Waals surface area contributed by atoms with E-state index in [0.29, 0.717) is 4.90 Å². The van der Waals surface area contributed by atoms with Gasteiger partial charge in [0.05, 0.1) is 4.90 Å². The zero-order valence-electron chi connectivity index (χ0n) is 11.1. The first-order chi connectivity index (χ1) is 9.05. The maximum Gasteiger partial charge on any atom is 0.240 e. The molecule has 1 aromatic rings. The molecule has 0 spiro atoms. The lowest BCUT2D eigenvalue weighted by Gasteiger charge is -2.16. The highest BCUT2D eigenvalue weighted by molar-refractivity contribution is 9.08. The summed E-state index contributed by atoms with van der Waals surface area (Å²) in [4.78, 5) is 0.353. The van der Waals surface area contributed by atoms with E-state index in [1.165, 1.54) is 12.8 Å². The Morgan fingerprint density at radius 2 is 1.95 bits per heavy atom. The van der Waals surface area contributed by atoms with Crippen LogP contribution in [-0.2, 0) is 15.4 Å². The predicted octanol–water partition coefficient (Wildman–Crippen LogP) is 3.44. The molecule has 0 amide bonds. The zero-order valence-corrected chi connectivity index (χ0v) is 13.5. The quantitative estimate of drug-likeness (QED) is 0.769. The minimum atomic E-state index is -3.38. The number of hydrogen-bond donors (Lipinski definition) is 1. The molecule has 0 aliphatic heterocycles. The second-order valence-corrected chi connectivity index (χ2v) is 7.46. The summed E-state index contributed by atoms with van der Waals surface area (Å²) in [6.45, 7) is 2.03. The Kier molecular flexibility index (Phi) is 5.03. The Bertz CT molecular complexity index is 509. The van der Waals surface area contributed by atoms with Crippen LogP contribution in [0.5, 0.6) is 0 Å². The molecular weight excluding hydrogens is 326 g/mol. The van der Waals surface area contributed by atoms with E-state index in [2.05, 4.69) is 20.7 Å². The molecule has 1 aromatic carbocycles. The third-order valence-electron chi connectivity index (χ3n) is 3.52. The van der Waals surface area contributed by atoms with E-state index in [4.69, 9.17) is 0 Å². The summed E-state index contributed by atoms with van der Waals surface area (Å²) in [6.07, 6.45) is 4.31. The van der Waals surface area contributed by atoms with Gasteiger partial charge in [0, 0.05) is 11.4 Å². The van der Waals surface area contributed by atoms with E-state index in [1.54, 1.807) is 12.1 Å². The van der Waals surface area contributed by atoms with Crippen molar-refractivity contribution in [1.82, 2.24) is 4.72 Å². The molecule has 1 fully saturated rings. The van der Waals surface area contributed by atoms with Crippen molar-refractivity contribution in [3.05, 3.63) is 29.8 Å². The summed E-state index contributed by atoms with van der Waals surface area (Å²) in [5, 5.41) is 0.736. The van der Waals surface area contributed by atoms with Crippen LogP contribution < -0.4 is 4.72 Å². The van der Waals surface area contributed by atoms with Crippen LogP contribution in [0.2, 0.25) is 0 Å². The van der Waals surface area contributed by atoms with Gasteiger partial charge in [-0.2, -0.15) is 0 Å². The van der Waals surface area contributed by atoms with Crippen molar-refractivity contribution in [2.24, 2.45) is 5.92 Å². The summed E-state index contributed by atoms with van der Waals surface area (Å²) in [5.74, 6) is 0.725. The summed E-state index contributed by atoms with van der Waals surface area (Å²) in [5.41, 5.74) is 1.07. The molecule has 2 rings (SSSR count). The Balaban J connectivity index is 2.06. The lowest BCUT2D eigenvalue weighted by molar-refractivity contribution is 0.495. The molecule has 0 heterocycles. The molecule has 0 aromatic heterocycles. The van der Waals surface area contributed by atoms with Crippen LogP contribution in [0.4, 0.5) is 0 Å². The third kappa shape index (κ3) is 4.29. The lowest BCUT2D eigenvalue weighted by Crippen LogP contribution is -2.34. The number of hydrogen-bond acceptors (Lipinski definition) is 2. The third-order valence-corrected chi connectivity index (χ3v) is 5.70. The van der Waals surface area contributed by atoms with Crippen molar-refractivity contribution >= 4 is 26.0 Å². The fraction of sp³-hybridized carbons (Fsp3) is 0.571. The van der Waals surface area contributed by atoms with Gasteiger partial charge in [0.2, 0.25) is 10.0 Å². The van der Waals surface area contributed by atoms with Crippen molar-refractivity contribution in [3.63, 3.8) is 0 Å². The molecule has 1 aliphatic rings. The first-order valence-corrected chi connectivity index (χ1v) is 9.33. The monoisotopic (exact) mass is 345 g/mol. The van der Waals surface area contributed by atoms with Gasteiger partial charge in [-0.3, -0.25) is 0 Å². The highest BCUT2D eigenvalue weighted by Gasteiger charge is 2.27. The van der Waals surface area contributed by atoms with Crippen LogP contribution >= 0.6 is 15.9 Å². The van der Waals surface area contributed by atoms with Gasteiger partial charge >= 0.3 is 0 Å². The number of rotatable bonds is 7. The molecule has 106 valence electrons. The van der Waals surface area contributed by atoms with Gasteiger partial charge in [-0.25, -0.2) is 13.1 Å². The van der Waals surface area contributed by atoms with Crippen molar-refractivity contribution in [1.29, 1.82) is 0 Å². The topological polar surface area (TPSA) is 46.2 Å². The van der Waals surface area contributed by atoms with E-state index < -0.39 is 10.0 Å². The molecule has 1 unspecified atom stereocenters. The summed E-state index contributed by atoms with van der Waals surface area (Å²) < 4.78 is 27.4. The fourth-order valence-electron chi connectivity index (χ4n) is 2.10. The highest BCUT2D eigenvalue weighted by atomic mass is 79.9. The Hall–Kier alpha value is -0.390. The predicted molar refractivity (Wildman–Crippen MR) is 80.8 cm³/mol. The van der Waals surface area contributed by atoms with Gasteiger partial charge in [-0.15, -0.1) is 0 Å². The van der Waals surface area contributed by atoms with Gasteiger partial charge in [0.25, 0.3) is 0 Å². The molecule has 0 radical (unpaired) electrons. The molecule has 5 heteroatoms. The van der Waals surface area contributed by atoms with Gasteiger partial charge < -0.3 is 0 Å². The van der Waals surface area contributed by atoms with Gasteiger partial charge in [-0.1, -0.05) is 47.8 Å². The van der Waals surface area contributed by atoms with Crippen LogP contribution in [0.25, 0.3) is 0 Å². The standard InChI is InChI=1S/C14H20BrNO2S/c1-2-13(9-11-3-4-11)16-19(17,18)14-7-5-12(10-15)6-8-14/h5-8,11,13,16H,2-4,9-10H2,1H3. The number of halogens is 1. The molecule has 0 saturated heterocycles. The van der Waals surface area contributed by atoms with Crippen LogP contribution in [0.1, 0.15) is 38.2 Å².